The van der Waals surface area contributed by atoms with E-state index >= 15 is 0 Å². The summed E-state index contributed by atoms with van der Waals surface area (Å²) in [6, 6.07) is 0. The van der Waals surface area contributed by atoms with Crippen molar-refractivity contribution in [2.45, 2.75) is 92.9 Å². The second-order valence-electron chi connectivity index (χ2n) is 7.78. The predicted molar refractivity (Wildman–Crippen MR) is 91.4 cm³/mol. The number of ether oxygens (including phenoxy) is 1. The van der Waals surface area contributed by atoms with Gasteiger partial charge in [0.1, 0.15) is 0 Å². The average molecular weight is 299 g/mol. The molecule has 0 amide bonds. The van der Waals surface area contributed by atoms with E-state index in [1.807, 2.05) is 0 Å². The molecule has 0 aliphatic rings. The lowest BCUT2D eigenvalue weighted by Crippen LogP contribution is -2.19. The standard InChI is InChI=1S/C19H38O2/c1-7-9-10-11-12-17(8-2)18(20)21-14-13-16(3)15-19(4,5)6/h16-17H,7-15H2,1-6H3. The van der Waals surface area contributed by atoms with Gasteiger partial charge >= 0.3 is 5.97 Å². The van der Waals surface area contributed by atoms with E-state index < -0.39 is 0 Å². The summed E-state index contributed by atoms with van der Waals surface area (Å²) in [5, 5.41) is 0. The molecule has 0 aromatic heterocycles. The van der Waals surface area contributed by atoms with Gasteiger partial charge in [0, 0.05) is 0 Å². The van der Waals surface area contributed by atoms with Gasteiger partial charge in [-0.1, -0.05) is 67.2 Å². The molecular weight excluding hydrogens is 260 g/mol. The van der Waals surface area contributed by atoms with E-state index in [0.29, 0.717) is 17.9 Å². The summed E-state index contributed by atoms with van der Waals surface area (Å²) in [5.41, 5.74) is 0.356. The Morgan fingerprint density at radius 3 is 2.24 bits per heavy atom. The highest BCUT2D eigenvalue weighted by atomic mass is 16.5. The van der Waals surface area contributed by atoms with Crippen molar-refractivity contribution < 1.29 is 9.53 Å². The van der Waals surface area contributed by atoms with Crippen molar-refractivity contribution in [1.29, 1.82) is 0 Å². The Morgan fingerprint density at radius 1 is 1.05 bits per heavy atom. The minimum atomic E-state index is 0.0250. The fourth-order valence-corrected chi connectivity index (χ4v) is 2.93. The fourth-order valence-electron chi connectivity index (χ4n) is 2.93. The summed E-state index contributed by atoms with van der Waals surface area (Å²) in [7, 11) is 0. The van der Waals surface area contributed by atoms with E-state index in [1.54, 1.807) is 0 Å². The highest BCUT2D eigenvalue weighted by molar-refractivity contribution is 5.72. The lowest BCUT2D eigenvalue weighted by molar-refractivity contribution is -0.149. The van der Waals surface area contributed by atoms with Crippen molar-refractivity contribution in [3.8, 4) is 0 Å². The van der Waals surface area contributed by atoms with Crippen LogP contribution in [0.2, 0.25) is 0 Å². The van der Waals surface area contributed by atoms with E-state index in [-0.39, 0.29) is 11.9 Å². The Bertz CT molecular complexity index is 265. The molecule has 0 bridgehead atoms. The molecule has 0 aromatic carbocycles. The number of carbonyl (C=O) groups is 1. The van der Waals surface area contributed by atoms with Gasteiger partial charge in [0.15, 0.2) is 0 Å². The first kappa shape index (κ1) is 20.5. The first-order chi connectivity index (χ1) is 9.80. The van der Waals surface area contributed by atoms with Gasteiger partial charge in [0.05, 0.1) is 12.5 Å². The summed E-state index contributed by atoms with van der Waals surface area (Å²) < 4.78 is 5.50. The van der Waals surface area contributed by atoms with Crippen LogP contribution in [0.4, 0.5) is 0 Å². The number of unbranched alkanes of at least 4 members (excludes halogenated alkanes) is 3. The van der Waals surface area contributed by atoms with Crippen molar-refractivity contribution in [1.82, 2.24) is 0 Å². The molecule has 0 N–H and O–H groups in total. The molecule has 0 aromatic rings. The summed E-state index contributed by atoms with van der Waals surface area (Å²) in [6.07, 6.45) is 8.97. The normalized spacial score (nSPS) is 14.8. The van der Waals surface area contributed by atoms with E-state index in [0.717, 1.165) is 25.7 Å². The van der Waals surface area contributed by atoms with Gasteiger partial charge in [0.2, 0.25) is 0 Å². The molecule has 0 heterocycles. The second kappa shape index (κ2) is 11.1. The third kappa shape index (κ3) is 11.8. The van der Waals surface area contributed by atoms with E-state index in [4.69, 9.17) is 4.74 Å². The minimum absolute atomic E-state index is 0.0250. The molecule has 2 nitrogen and oxygen atoms in total. The van der Waals surface area contributed by atoms with E-state index in [9.17, 15) is 4.79 Å². The molecule has 0 aliphatic heterocycles. The van der Waals surface area contributed by atoms with Crippen molar-refractivity contribution >= 4 is 5.97 Å². The van der Waals surface area contributed by atoms with Crippen LogP contribution in [0, 0.1) is 17.3 Å². The zero-order valence-corrected chi connectivity index (χ0v) is 15.3. The summed E-state index contributed by atoms with van der Waals surface area (Å²) in [5.74, 6) is 0.749. The molecule has 0 saturated carbocycles. The van der Waals surface area contributed by atoms with E-state index in [1.165, 1.54) is 25.7 Å². The van der Waals surface area contributed by atoms with Gasteiger partial charge in [-0.2, -0.15) is 0 Å². The Morgan fingerprint density at radius 2 is 1.71 bits per heavy atom. The second-order valence-corrected chi connectivity index (χ2v) is 7.78. The largest absolute Gasteiger partial charge is 0.465 e. The number of esters is 1. The topological polar surface area (TPSA) is 26.3 Å². The van der Waals surface area contributed by atoms with Crippen molar-refractivity contribution in [2.75, 3.05) is 6.61 Å². The highest BCUT2D eigenvalue weighted by Crippen LogP contribution is 2.26. The van der Waals surface area contributed by atoms with Crippen molar-refractivity contribution in [2.24, 2.45) is 17.3 Å². The fraction of sp³-hybridized carbons (Fsp3) is 0.947. The first-order valence-corrected chi connectivity index (χ1v) is 8.96. The van der Waals surface area contributed by atoms with Gasteiger partial charge in [-0.3, -0.25) is 4.79 Å². The van der Waals surface area contributed by atoms with Crippen LogP contribution in [0.3, 0.4) is 0 Å². The zero-order valence-electron chi connectivity index (χ0n) is 15.3. The third-order valence-electron chi connectivity index (χ3n) is 4.05. The number of hydrogen-bond donors (Lipinski definition) is 0. The van der Waals surface area contributed by atoms with Gasteiger partial charge in [-0.15, -0.1) is 0 Å². The van der Waals surface area contributed by atoms with Gasteiger partial charge in [-0.05, 0) is 37.0 Å². The van der Waals surface area contributed by atoms with Crippen LogP contribution in [0.25, 0.3) is 0 Å². The molecule has 2 heteroatoms. The van der Waals surface area contributed by atoms with Crippen LogP contribution in [0.5, 0.6) is 0 Å². The van der Waals surface area contributed by atoms with Crippen LogP contribution >= 0.6 is 0 Å². The molecule has 0 radical (unpaired) electrons. The Balaban J connectivity index is 3.88. The maximum Gasteiger partial charge on any atom is 0.308 e. The SMILES string of the molecule is CCCCCCC(CC)C(=O)OCCC(C)CC(C)(C)C. The summed E-state index contributed by atoms with van der Waals surface area (Å²) in [6.45, 7) is 13.9. The Labute approximate surface area is 133 Å². The van der Waals surface area contributed by atoms with Crippen molar-refractivity contribution in [3.63, 3.8) is 0 Å². The lowest BCUT2D eigenvalue weighted by Gasteiger charge is -2.23. The molecule has 2 atom stereocenters. The Hall–Kier alpha value is -0.530. The molecule has 126 valence electrons. The maximum atomic E-state index is 12.1. The molecule has 0 aliphatic carbocycles. The third-order valence-corrected chi connectivity index (χ3v) is 4.05. The number of hydrogen-bond acceptors (Lipinski definition) is 2. The van der Waals surface area contributed by atoms with Crippen LogP contribution in [-0.4, -0.2) is 12.6 Å². The highest BCUT2D eigenvalue weighted by Gasteiger charge is 2.19. The lowest BCUT2D eigenvalue weighted by atomic mass is 9.84. The van der Waals surface area contributed by atoms with Crippen LogP contribution < -0.4 is 0 Å². The van der Waals surface area contributed by atoms with Gasteiger partial charge in [0.25, 0.3) is 0 Å². The minimum Gasteiger partial charge on any atom is -0.465 e. The van der Waals surface area contributed by atoms with E-state index in [2.05, 4.69) is 41.5 Å². The molecule has 0 saturated heterocycles. The van der Waals surface area contributed by atoms with Crippen molar-refractivity contribution in [3.05, 3.63) is 0 Å². The number of carbonyl (C=O) groups excluding carboxylic acids is 1. The molecule has 2 unspecified atom stereocenters. The smallest absolute Gasteiger partial charge is 0.308 e. The number of rotatable bonds is 11. The quantitative estimate of drug-likeness (QED) is 0.346. The first-order valence-electron chi connectivity index (χ1n) is 8.96. The molecule has 0 spiro atoms. The Kier molecular flexibility index (Phi) is 10.8. The summed E-state index contributed by atoms with van der Waals surface area (Å²) >= 11 is 0. The maximum absolute atomic E-state index is 12.1. The average Bonchev–Trinajstić information content (AvgIpc) is 2.36. The van der Waals surface area contributed by atoms with Gasteiger partial charge < -0.3 is 4.74 Å². The monoisotopic (exact) mass is 298 g/mol. The molecule has 0 fully saturated rings. The molecular formula is C19H38O2. The van der Waals surface area contributed by atoms with Crippen LogP contribution in [-0.2, 0) is 9.53 Å². The molecule has 21 heavy (non-hydrogen) atoms. The zero-order chi connectivity index (χ0) is 16.3. The van der Waals surface area contributed by atoms with Gasteiger partial charge in [-0.25, -0.2) is 0 Å². The molecule has 0 rings (SSSR count). The predicted octanol–water partition coefficient (Wildman–Crippen LogP) is 5.99. The van der Waals surface area contributed by atoms with Crippen LogP contribution in [0.15, 0.2) is 0 Å². The van der Waals surface area contributed by atoms with Crippen LogP contribution in [0.1, 0.15) is 92.9 Å². The summed E-state index contributed by atoms with van der Waals surface area (Å²) in [4.78, 5) is 12.1.